The van der Waals surface area contributed by atoms with Gasteiger partial charge < -0.3 is 71.0 Å². The summed E-state index contributed by atoms with van der Waals surface area (Å²) in [4.78, 5) is 0. The number of rotatable bonds is 0. The molecule has 2 N–H and O–H groups in total. The molecule has 9 heteroatoms. The molecular formula is C6H2FeN6O2. The molecule has 0 heterocycles. The molecule has 0 aromatic rings. The topological polar surface area (TPSA) is 183 Å². The second-order valence-corrected chi connectivity index (χ2v) is 0. The first-order chi connectivity index (χ1) is 7.00. The third kappa shape index (κ3) is 146. The standard InChI is InChI=1S/6CN.Fe.H2O2/c6*1-2;;1-2/h;;;;;;;1-2H/q6*-1;+6;. The Labute approximate surface area is 99.1 Å². The van der Waals surface area contributed by atoms with Gasteiger partial charge in [0.2, 0.25) is 0 Å². The van der Waals surface area contributed by atoms with E-state index in [4.69, 9.17) is 81.5 Å². The zero-order valence-corrected chi connectivity index (χ0v) is 8.04. The van der Waals surface area contributed by atoms with Crippen molar-refractivity contribution in [3.63, 3.8) is 0 Å². The van der Waals surface area contributed by atoms with E-state index in [1.54, 1.807) is 0 Å². The van der Waals surface area contributed by atoms with Gasteiger partial charge in [-0.15, -0.1) is 0 Å². The van der Waals surface area contributed by atoms with Crippen LogP contribution in [-0.2, 0) is 17.1 Å². The van der Waals surface area contributed by atoms with E-state index in [2.05, 4.69) is 0 Å². The van der Waals surface area contributed by atoms with Gasteiger partial charge in [-0.1, -0.05) is 0 Å². The summed E-state index contributed by atoms with van der Waals surface area (Å²) in [6.45, 7) is 28.5. The van der Waals surface area contributed by atoms with E-state index in [-0.39, 0.29) is 17.1 Å². The van der Waals surface area contributed by atoms with Gasteiger partial charge >= 0.3 is 17.1 Å². The second kappa shape index (κ2) is 179. The molecule has 15 heavy (non-hydrogen) atoms. The fourth-order valence-corrected chi connectivity index (χ4v) is 0. The van der Waals surface area contributed by atoms with Crippen molar-refractivity contribution in [1.82, 2.24) is 0 Å². The maximum absolute atomic E-state index is 6.25. The van der Waals surface area contributed by atoms with Crippen LogP contribution >= 0.6 is 0 Å². The van der Waals surface area contributed by atoms with Crippen molar-refractivity contribution in [1.29, 1.82) is 31.6 Å². The smallest absolute Gasteiger partial charge is 0.512 e. The summed E-state index contributed by atoms with van der Waals surface area (Å²) in [6, 6.07) is 0. The van der Waals surface area contributed by atoms with Crippen LogP contribution < -0.4 is 0 Å². The van der Waals surface area contributed by atoms with Gasteiger partial charge in [-0.3, -0.25) is 10.5 Å². The van der Waals surface area contributed by atoms with Gasteiger partial charge in [-0.25, -0.2) is 0 Å². The Balaban J connectivity index is -0.00000000628. The first-order valence-corrected chi connectivity index (χ1v) is 1.54. The summed E-state index contributed by atoms with van der Waals surface area (Å²) in [5, 5.41) is 49.5. The predicted molar refractivity (Wildman–Crippen MR) is 35.1 cm³/mol. The third-order valence-electron chi connectivity index (χ3n) is 0. The van der Waals surface area contributed by atoms with Gasteiger partial charge in [-0.2, -0.15) is 0 Å². The van der Waals surface area contributed by atoms with E-state index < -0.39 is 0 Å². The van der Waals surface area contributed by atoms with Crippen molar-refractivity contribution in [2.24, 2.45) is 0 Å². The van der Waals surface area contributed by atoms with Gasteiger partial charge in [0, 0.05) is 0 Å². The van der Waals surface area contributed by atoms with E-state index in [1.165, 1.54) is 0 Å². The molecule has 0 amide bonds. The average Bonchev–Trinajstić information content (AvgIpc) is 2.45. The minimum Gasteiger partial charge on any atom is -0.512 e. The molecule has 0 spiro atoms. The summed E-state index contributed by atoms with van der Waals surface area (Å²) in [5.74, 6) is 0. The molecule has 8 nitrogen and oxygen atoms in total. The van der Waals surface area contributed by atoms with Crippen molar-refractivity contribution in [3.8, 4) is 0 Å². The number of hydrogen-bond donors (Lipinski definition) is 2. The Bertz CT molecular complexity index is 101. The summed E-state index contributed by atoms with van der Waals surface area (Å²) < 4.78 is 0. The Hall–Kier alpha value is -2.62. The van der Waals surface area contributed by atoms with Crippen molar-refractivity contribution in [3.05, 3.63) is 39.4 Å². The molecule has 0 atom stereocenters. The van der Waals surface area contributed by atoms with Crippen LogP contribution in [0.25, 0.3) is 0 Å². The minimum absolute atomic E-state index is 0. The van der Waals surface area contributed by atoms with Crippen LogP contribution in [0.2, 0.25) is 0 Å². The minimum atomic E-state index is 0. The van der Waals surface area contributed by atoms with Crippen molar-refractivity contribution in [2.75, 3.05) is 0 Å². The molecule has 0 aromatic carbocycles. The van der Waals surface area contributed by atoms with E-state index in [9.17, 15) is 0 Å². The molecule has 0 rings (SSSR count). The molecule has 0 saturated heterocycles. The molecule has 0 radical (unpaired) electrons. The molecule has 0 aliphatic carbocycles. The summed E-state index contributed by atoms with van der Waals surface area (Å²) in [6.07, 6.45) is 0. The van der Waals surface area contributed by atoms with Crippen LogP contribution in [0.3, 0.4) is 0 Å². The van der Waals surface area contributed by atoms with Crippen molar-refractivity contribution < 1.29 is 27.6 Å². The molecule has 0 aromatic heterocycles. The van der Waals surface area contributed by atoms with E-state index in [0.717, 1.165) is 0 Å². The molecule has 0 bridgehead atoms. The predicted octanol–water partition coefficient (Wildman–Crippen LogP) is 0.593. The van der Waals surface area contributed by atoms with Crippen molar-refractivity contribution >= 4 is 0 Å². The fraction of sp³-hybridized carbons (Fsp3) is 0. The zero-order chi connectivity index (χ0) is 14.0. The van der Waals surface area contributed by atoms with E-state index in [0.29, 0.717) is 0 Å². The molecule has 76 valence electrons. The first kappa shape index (κ1) is 83.6. The Morgan fingerprint density at radius 1 is 0.400 bits per heavy atom. The second-order valence-electron chi connectivity index (χ2n) is 0. The molecular weight excluding hydrogens is 244 g/mol. The molecule has 0 aliphatic heterocycles. The van der Waals surface area contributed by atoms with Crippen LogP contribution in [0.1, 0.15) is 0 Å². The van der Waals surface area contributed by atoms with Crippen molar-refractivity contribution in [2.45, 2.75) is 0 Å². The van der Waals surface area contributed by atoms with Gasteiger partial charge in [0.1, 0.15) is 0 Å². The maximum Gasteiger partial charge on any atom is 6.00 e. The van der Waals surface area contributed by atoms with Gasteiger partial charge in [0.05, 0.1) is 0 Å². The van der Waals surface area contributed by atoms with Crippen LogP contribution in [0.5, 0.6) is 0 Å². The molecule has 0 saturated carbocycles. The molecule has 0 unspecified atom stereocenters. The number of nitrogens with zero attached hydrogens (tertiary/aromatic N) is 6. The van der Waals surface area contributed by atoms with E-state index in [1.807, 2.05) is 0 Å². The maximum atomic E-state index is 6.25. The summed E-state index contributed by atoms with van der Waals surface area (Å²) in [5.41, 5.74) is 0. The zero-order valence-electron chi connectivity index (χ0n) is 6.93. The van der Waals surface area contributed by atoms with Crippen LogP contribution in [0.4, 0.5) is 0 Å². The Morgan fingerprint density at radius 2 is 0.400 bits per heavy atom. The van der Waals surface area contributed by atoms with Crippen LogP contribution in [0.15, 0.2) is 0 Å². The van der Waals surface area contributed by atoms with Gasteiger partial charge in [0.25, 0.3) is 0 Å². The summed E-state index contributed by atoms with van der Waals surface area (Å²) in [7, 11) is 0. The third-order valence-corrected chi connectivity index (χ3v) is 0. The largest absolute Gasteiger partial charge is 6.00 e. The average molecular weight is 246 g/mol. The molecule has 0 fully saturated rings. The van der Waals surface area contributed by atoms with Gasteiger partial charge in [-0.05, 0) is 0 Å². The number of hydrogen-bond acceptors (Lipinski definition) is 8. The fourth-order valence-electron chi connectivity index (χ4n) is 0. The quantitative estimate of drug-likeness (QED) is 0.269. The Morgan fingerprint density at radius 3 is 0.400 bits per heavy atom. The Kier molecular flexibility index (Phi) is 995. The SMILES string of the molecule is OO.[C-]#N.[C-]#N.[C-]#N.[C-]#N.[C-]#N.[C-]#N.[Fe+6]. The molecule has 0 aliphatic rings. The first-order valence-electron chi connectivity index (χ1n) is 1.54. The van der Waals surface area contributed by atoms with Gasteiger partial charge in [0.15, 0.2) is 0 Å². The summed E-state index contributed by atoms with van der Waals surface area (Å²) >= 11 is 0. The monoisotopic (exact) mass is 246 g/mol. The van der Waals surface area contributed by atoms with Crippen LogP contribution in [-0.4, -0.2) is 10.5 Å². The van der Waals surface area contributed by atoms with E-state index >= 15 is 0 Å². The van der Waals surface area contributed by atoms with Crippen LogP contribution in [0, 0.1) is 71.0 Å². The normalized spacial score (nSPS) is 1.20.